The second-order valence-corrected chi connectivity index (χ2v) is 9.67. The lowest BCUT2D eigenvalue weighted by Gasteiger charge is -2.45. The van der Waals surface area contributed by atoms with Crippen LogP contribution in [0.1, 0.15) is 48.9 Å². The molecule has 3 aromatic rings. The van der Waals surface area contributed by atoms with Crippen LogP contribution in [0.15, 0.2) is 59.5 Å². The van der Waals surface area contributed by atoms with Crippen molar-refractivity contribution in [3.8, 4) is 5.75 Å². The summed E-state index contributed by atoms with van der Waals surface area (Å²) >= 11 is 0. The zero-order chi connectivity index (χ0) is 25.1. The van der Waals surface area contributed by atoms with Crippen molar-refractivity contribution in [2.75, 3.05) is 20.2 Å². The molecule has 1 aromatic heterocycles. The van der Waals surface area contributed by atoms with Crippen LogP contribution in [-0.2, 0) is 11.3 Å². The average Bonchev–Trinajstić information content (AvgIpc) is 2.91. The van der Waals surface area contributed by atoms with Crippen LogP contribution in [-0.4, -0.2) is 63.7 Å². The number of likely N-dealkylation sites (N-methyl/N-ethyl adjacent to an activating group) is 1. The first kappa shape index (κ1) is 24.0. The van der Waals surface area contributed by atoms with Gasteiger partial charge >= 0.3 is 0 Å². The maximum absolute atomic E-state index is 13.6. The molecule has 3 heterocycles. The van der Waals surface area contributed by atoms with Gasteiger partial charge in [0.15, 0.2) is 0 Å². The average molecular weight is 489 g/mol. The molecule has 8 heteroatoms. The van der Waals surface area contributed by atoms with E-state index in [2.05, 4.69) is 5.10 Å². The third-order valence-corrected chi connectivity index (χ3v) is 7.45. The van der Waals surface area contributed by atoms with Crippen molar-refractivity contribution in [3.63, 3.8) is 0 Å². The molecular formula is C28H32N4O4. The van der Waals surface area contributed by atoms with Gasteiger partial charge in [-0.1, -0.05) is 36.8 Å². The smallest absolute Gasteiger partial charge is 0.275 e. The van der Waals surface area contributed by atoms with E-state index in [0.29, 0.717) is 29.9 Å². The lowest BCUT2D eigenvalue weighted by molar-refractivity contribution is -0.137. The minimum absolute atomic E-state index is 0.0945. The number of hydrogen-bond acceptors (Lipinski definition) is 5. The minimum Gasteiger partial charge on any atom is -0.493 e. The summed E-state index contributed by atoms with van der Waals surface area (Å²) in [4.78, 5) is 43.7. The van der Waals surface area contributed by atoms with Crippen molar-refractivity contribution in [3.05, 3.63) is 70.6 Å². The Morgan fingerprint density at radius 3 is 2.64 bits per heavy atom. The Kier molecular flexibility index (Phi) is 7.02. The first-order valence-electron chi connectivity index (χ1n) is 12.8. The van der Waals surface area contributed by atoms with Crippen LogP contribution >= 0.6 is 0 Å². The number of amides is 2. The third-order valence-electron chi connectivity index (χ3n) is 7.45. The summed E-state index contributed by atoms with van der Waals surface area (Å²) in [5.74, 6) is 0.381. The highest BCUT2D eigenvalue weighted by atomic mass is 16.5. The molecular weight excluding hydrogens is 456 g/mol. The Balaban J connectivity index is 1.42. The largest absolute Gasteiger partial charge is 0.493 e. The normalized spacial score (nSPS) is 21.1. The van der Waals surface area contributed by atoms with Gasteiger partial charge in [-0.05, 0) is 50.3 Å². The summed E-state index contributed by atoms with van der Waals surface area (Å²) in [5.41, 5.74) is 0.285. The first-order chi connectivity index (χ1) is 17.5. The van der Waals surface area contributed by atoms with Gasteiger partial charge in [-0.25, -0.2) is 4.68 Å². The topological polar surface area (TPSA) is 84.7 Å². The molecule has 0 radical (unpaired) electrons. The van der Waals surface area contributed by atoms with Crippen molar-refractivity contribution in [2.24, 2.45) is 0 Å². The quantitative estimate of drug-likeness (QED) is 0.551. The van der Waals surface area contributed by atoms with Crippen LogP contribution in [0.4, 0.5) is 0 Å². The van der Waals surface area contributed by atoms with Crippen LogP contribution in [0.2, 0.25) is 0 Å². The number of hydrogen-bond donors (Lipinski definition) is 0. The molecule has 0 spiro atoms. The SMILES string of the molecule is CN1C(=O)c2ccccc2OCCCCC[C@H]2[C@@H]1CCCN2C(=O)Cn1ncc2ccccc2c1=O. The Labute approximate surface area is 210 Å². The van der Waals surface area contributed by atoms with E-state index in [4.69, 9.17) is 4.74 Å². The van der Waals surface area contributed by atoms with Crippen LogP contribution in [0, 0.1) is 0 Å². The fraction of sp³-hybridized carbons (Fsp3) is 0.429. The molecule has 0 bridgehead atoms. The summed E-state index contributed by atoms with van der Waals surface area (Å²) in [6, 6.07) is 14.4. The Morgan fingerprint density at radius 1 is 0.972 bits per heavy atom. The van der Waals surface area contributed by atoms with E-state index in [9.17, 15) is 14.4 Å². The fourth-order valence-corrected chi connectivity index (χ4v) is 5.53. The predicted molar refractivity (Wildman–Crippen MR) is 137 cm³/mol. The Hall–Kier alpha value is -3.68. The molecule has 1 saturated heterocycles. The van der Waals surface area contributed by atoms with E-state index in [-0.39, 0.29) is 36.0 Å². The number of rotatable bonds is 2. The molecule has 36 heavy (non-hydrogen) atoms. The van der Waals surface area contributed by atoms with Crippen LogP contribution in [0.5, 0.6) is 5.75 Å². The molecule has 0 unspecified atom stereocenters. The van der Waals surface area contributed by atoms with Gasteiger partial charge in [0.05, 0.1) is 35.8 Å². The van der Waals surface area contributed by atoms with Gasteiger partial charge in [-0.2, -0.15) is 5.10 Å². The van der Waals surface area contributed by atoms with Crippen LogP contribution < -0.4 is 10.3 Å². The van der Waals surface area contributed by atoms with E-state index < -0.39 is 0 Å². The Bertz CT molecular complexity index is 1320. The number of piperidine rings is 1. The van der Waals surface area contributed by atoms with Gasteiger partial charge in [0, 0.05) is 19.0 Å². The summed E-state index contributed by atoms with van der Waals surface area (Å²) in [7, 11) is 1.83. The first-order valence-corrected chi connectivity index (χ1v) is 12.8. The molecule has 0 aliphatic carbocycles. The summed E-state index contributed by atoms with van der Waals surface area (Å²) in [6.45, 7) is 1.06. The van der Waals surface area contributed by atoms with Crippen LogP contribution in [0.3, 0.4) is 0 Å². The second-order valence-electron chi connectivity index (χ2n) is 9.67. The van der Waals surface area contributed by atoms with Crippen molar-refractivity contribution in [1.82, 2.24) is 19.6 Å². The predicted octanol–water partition coefficient (Wildman–Crippen LogP) is 3.48. The number of likely N-dealkylation sites (tertiary alicyclic amines) is 1. The number of carbonyl (C=O) groups is 2. The van der Waals surface area contributed by atoms with Gasteiger partial charge in [-0.3, -0.25) is 14.4 Å². The standard InChI is InChI=1S/C28H32N4O4/c1-30-23-14-9-16-31(26(33)19-32-28(35)21-11-5-4-10-20(21)18-29-32)24(23)13-3-2-8-17-36-25-15-7-6-12-22(25)27(30)34/h4-7,10-12,15,18,23-24H,2-3,8-9,13-14,16-17,19H2,1H3/t23-,24-/m0/s1. The molecule has 2 aliphatic heterocycles. The number of benzene rings is 2. The number of carbonyl (C=O) groups excluding carboxylic acids is 2. The molecule has 2 amide bonds. The Morgan fingerprint density at radius 2 is 1.75 bits per heavy atom. The number of nitrogens with zero attached hydrogens (tertiary/aromatic N) is 4. The number of ether oxygens (including phenoxy) is 1. The van der Waals surface area contributed by atoms with Crippen LogP contribution in [0.25, 0.3) is 10.8 Å². The number of fused-ring (bicyclic) bond motifs is 3. The molecule has 188 valence electrons. The molecule has 8 nitrogen and oxygen atoms in total. The molecule has 2 aromatic carbocycles. The van der Waals surface area contributed by atoms with Crippen molar-refractivity contribution in [1.29, 1.82) is 0 Å². The molecule has 0 saturated carbocycles. The van der Waals surface area contributed by atoms with Crippen molar-refractivity contribution in [2.45, 2.75) is 57.2 Å². The molecule has 5 rings (SSSR count). The van der Waals surface area contributed by atoms with E-state index in [1.54, 1.807) is 23.2 Å². The lowest BCUT2D eigenvalue weighted by Crippen LogP contribution is -2.58. The molecule has 1 fully saturated rings. The maximum atomic E-state index is 13.6. The van der Waals surface area contributed by atoms with E-state index in [1.165, 1.54) is 4.68 Å². The minimum atomic E-state index is -0.266. The molecule has 0 N–H and O–H groups in total. The number of para-hydroxylation sites is 1. The highest BCUT2D eigenvalue weighted by Gasteiger charge is 2.38. The van der Waals surface area contributed by atoms with Crippen molar-refractivity contribution >= 4 is 22.6 Å². The molecule has 2 aliphatic rings. The highest BCUT2D eigenvalue weighted by molar-refractivity contribution is 5.97. The zero-order valence-electron chi connectivity index (χ0n) is 20.6. The monoisotopic (exact) mass is 488 g/mol. The maximum Gasteiger partial charge on any atom is 0.275 e. The van der Waals surface area contributed by atoms with Gasteiger partial charge in [0.1, 0.15) is 12.3 Å². The summed E-state index contributed by atoms with van der Waals surface area (Å²) in [6.07, 6.45) is 6.86. The van der Waals surface area contributed by atoms with Gasteiger partial charge in [0.2, 0.25) is 5.91 Å². The summed E-state index contributed by atoms with van der Waals surface area (Å²) in [5, 5.41) is 5.57. The zero-order valence-corrected chi connectivity index (χ0v) is 20.6. The second kappa shape index (κ2) is 10.5. The molecule has 2 atom stereocenters. The lowest BCUT2D eigenvalue weighted by atomic mass is 9.90. The van der Waals surface area contributed by atoms with E-state index in [1.807, 2.05) is 48.3 Å². The van der Waals surface area contributed by atoms with Crippen molar-refractivity contribution < 1.29 is 14.3 Å². The van der Waals surface area contributed by atoms with E-state index >= 15 is 0 Å². The van der Waals surface area contributed by atoms with Gasteiger partial charge in [0.25, 0.3) is 11.5 Å². The van der Waals surface area contributed by atoms with Gasteiger partial charge in [-0.15, -0.1) is 0 Å². The highest BCUT2D eigenvalue weighted by Crippen LogP contribution is 2.30. The fourth-order valence-electron chi connectivity index (χ4n) is 5.53. The van der Waals surface area contributed by atoms with E-state index in [0.717, 1.165) is 43.9 Å². The third kappa shape index (κ3) is 4.72. The van der Waals surface area contributed by atoms with Gasteiger partial charge < -0.3 is 14.5 Å². The number of aromatic nitrogens is 2. The summed E-state index contributed by atoms with van der Waals surface area (Å²) < 4.78 is 7.19.